The van der Waals surface area contributed by atoms with Crippen molar-refractivity contribution in [3.05, 3.63) is 51.6 Å². The van der Waals surface area contributed by atoms with Crippen LogP contribution in [0.1, 0.15) is 40.5 Å². The number of aromatic nitrogens is 2. The van der Waals surface area contributed by atoms with E-state index in [2.05, 4.69) is 29.1 Å². The molecule has 0 spiro atoms. The van der Waals surface area contributed by atoms with E-state index >= 15 is 0 Å². The number of aromatic amines is 1. The highest BCUT2D eigenvalue weighted by Gasteiger charge is 2.18. The fourth-order valence-electron chi connectivity index (χ4n) is 2.68. The van der Waals surface area contributed by atoms with Crippen molar-refractivity contribution >= 4 is 28.1 Å². The largest absolute Gasteiger partial charge is 0.361 e. The number of carbonyl (C=O) groups excluding carboxylic acids is 1. The number of nitrogens with zero attached hydrogens (tertiary/aromatic N) is 1. The number of thiazole rings is 1. The summed E-state index contributed by atoms with van der Waals surface area (Å²) in [5, 5.41) is 5.22. The van der Waals surface area contributed by atoms with Crippen molar-refractivity contribution < 1.29 is 4.79 Å². The van der Waals surface area contributed by atoms with Gasteiger partial charge in [0.1, 0.15) is 5.01 Å². The maximum absolute atomic E-state index is 12.4. The minimum absolute atomic E-state index is 0.00916. The highest BCUT2D eigenvalue weighted by molar-refractivity contribution is 7.11. The molecule has 1 atom stereocenters. The summed E-state index contributed by atoms with van der Waals surface area (Å²) in [5.41, 5.74) is 3.14. The first-order valence-electron chi connectivity index (χ1n) is 7.86. The lowest BCUT2D eigenvalue weighted by molar-refractivity contribution is -0.121. The van der Waals surface area contributed by atoms with Gasteiger partial charge in [-0.2, -0.15) is 0 Å². The second-order valence-electron chi connectivity index (χ2n) is 5.76. The van der Waals surface area contributed by atoms with Crippen LogP contribution < -0.4 is 5.32 Å². The molecule has 0 saturated heterocycles. The Balaban J connectivity index is 1.73. The molecule has 4 nitrogen and oxygen atoms in total. The lowest BCUT2D eigenvalue weighted by Crippen LogP contribution is -2.29. The van der Waals surface area contributed by atoms with Gasteiger partial charge in [-0.15, -0.1) is 11.3 Å². The van der Waals surface area contributed by atoms with Crippen LogP contribution in [0, 0.1) is 13.8 Å². The summed E-state index contributed by atoms with van der Waals surface area (Å²) in [7, 11) is 0. The van der Waals surface area contributed by atoms with Crippen LogP contribution in [-0.2, 0) is 11.2 Å². The molecule has 2 N–H and O–H groups in total. The molecule has 0 saturated carbocycles. The summed E-state index contributed by atoms with van der Waals surface area (Å²) in [6, 6.07) is 8.03. The monoisotopic (exact) mass is 327 g/mol. The van der Waals surface area contributed by atoms with E-state index in [1.807, 2.05) is 37.4 Å². The van der Waals surface area contributed by atoms with Crippen LogP contribution in [0.25, 0.3) is 10.9 Å². The standard InChI is InChI=1S/C18H21N3OS/c1-4-15(18-20-11(2)12(3)23-18)21-17(22)9-13-10-19-16-8-6-5-7-14(13)16/h5-8,10,15,19H,4,9H2,1-3H3,(H,21,22)/t15-/m1/s1. The Kier molecular flexibility index (Phi) is 4.48. The van der Waals surface area contributed by atoms with Gasteiger partial charge in [0, 0.05) is 22.0 Å². The van der Waals surface area contributed by atoms with Gasteiger partial charge in [0.2, 0.25) is 5.91 Å². The third-order valence-corrected chi connectivity index (χ3v) is 5.30. The maximum Gasteiger partial charge on any atom is 0.225 e. The molecular formula is C18H21N3OS. The second kappa shape index (κ2) is 6.54. The van der Waals surface area contributed by atoms with E-state index in [1.165, 1.54) is 4.88 Å². The molecule has 0 fully saturated rings. The van der Waals surface area contributed by atoms with Crippen LogP contribution in [0.2, 0.25) is 0 Å². The smallest absolute Gasteiger partial charge is 0.225 e. The van der Waals surface area contributed by atoms with Crippen molar-refractivity contribution in [2.45, 2.75) is 39.7 Å². The van der Waals surface area contributed by atoms with Gasteiger partial charge in [-0.25, -0.2) is 4.98 Å². The van der Waals surface area contributed by atoms with Gasteiger partial charge in [-0.3, -0.25) is 4.79 Å². The van der Waals surface area contributed by atoms with E-state index in [1.54, 1.807) is 11.3 Å². The number of hydrogen-bond donors (Lipinski definition) is 2. The molecule has 0 bridgehead atoms. The molecule has 23 heavy (non-hydrogen) atoms. The zero-order valence-electron chi connectivity index (χ0n) is 13.6. The van der Waals surface area contributed by atoms with Crippen molar-refractivity contribution in [3.63, 3.8) is 0 Å². The lowest BCUT2D eigenvalue weighted by Gasteiger charge is -2.14. The first-order valence-corrected chi connectivity index (χ1v) is 8.68. The van der Waals surface area contributed by atoms with Crippen molar-refractivity contribution in [1.29, 1.82) is 0 Å². The number of amides is 1. The van der Waals surface area contributed by atoms with Crippen molar-refractivity contribution in [1.82, 2.24) is 15.3 Å². The van der Waals surface area contributed by atoms with Gasteiger partial charge in [0.15, 0.2) is 0 Å². The molecule has 120 valence electrons. The number of hydrogen-bond acceptors (Lipinski definition) is 3. The number of nitrogens with one attached hydrogen (secondary N) is 2. The van der Waals surface area contributed by atoms with Crippen LogP contribution in [0.4, 0.5) is 0 Å². The lowest BCUT2D eigenvalue weighted by atomic mass is 10.1. The van der Waals surface area contributed by atoms with Crippen LogP contribution in [-0.4, -0.2) is 15.9 Å². The number of rotatable bonds is 5. The first kappa shape index (κ1) is 15.7. The van der Waals surface area contributed by atoms with Crippen molar-refractivity contribution in [2.75, 3.05) is 0 Å². The molecule has 2 heterocycles. The molecule has 0 radical (unpaired) electrons. The van der Waals surface area contributed by atoms with Gasteiger partial charge >= 0.3 is 0 Å². The summed E-state index contributed by atoms with van der Waals surface area (Å²) in [6.45, 7) is 6.15. The predicted octanol–water partition coefficient (Wildman–Crippen LogP) is 4.05. The fraction of sp³-hybridized carbons (Fsp3) is 0.333. The molecule has 0 aliphatic carbocycles. The predicted molar refractivity (Wildman–Crippen MR) is 94.8 cm³/mol. The average Bonchev–Trinajstić information content (AvgIpc) is 3.09. The average molecular weight is 327 g/mol. The highest BCUT2D eigenvalue weighted by atomic mass is 32.1. The number of fused-ring (bicyclic) bond motifs is 1. The van der Waals surface area contributed by atoms with Crippen LogP contribution in [0.3, 0.4) is 0 Å². The quantitative estimate of drug-likeness (QED) is 0.742. The fourth-order valence-corrected chi connectivity index (χ4v) is 3.74. The molecule has 0 aliphatic rings. The van der Waals surface area contributed by atoms with E-state index in [4.69, 9.17) is 0 Å². The minimum Gasteiger partial charge on any atom is -0.361 e. The van der Waals surface area contributed by atoms with Crippen LogP contribution >= 0.6 is 11.3 Å². The highest BCUT2D eigenvalue weighted by Crippen LogP contribution is 2.25. The summed E-state index contributed by atoms with van der Waals surface area (Å²) in [4.78, 5) is 21.4. The third kappa shape index (κ3) is 3.29. The van der Waals surface area contributed by atoms with E-state index in [9.17, 15) is 4.79 Å². The Hall–Kier alpha value is -2.14. The molecule has 2 aromatic heterocycles. The summed E-state index contributed by atoms with van der Waals surface area (Å²) in [5.74, 6) is 0.0344. The number of H-pyrrole nitrogens is 1. The molecule has 0 unspecified atom stereocenters. The molecule has 3 rings (SSSR count). The molecule has 3 aromatic rings. The topological polar surface area (TPSA) is 57.8 Å². The van der Waals surface area contributed by atoms with Gasteiger partial charge in [0.25, 0.3) is 0 Å². The Morgan fingerprint density at radius 2 is 2.13 bits per heavy atom. The van der Waals surface area contributed by atoms with Crippen LogP contribution in [0.15, 0.2) is 30.5 Å². The zero-order valence-corrected chi connectivity index (χ0v) is 14.5. The van der Waals surface area contributed by atoms with Gasteiger partial charge < -0.3 is 10.3 Å². The summed E-state index contributed by atoms with van der Waals surface area (Å²) >= 11 is 1.67. The van der Waals surface area contributed by atoms with E-state index in [-0.39, 0.29) is 11.9 Å². The third-order valence-electron chi connectivity index (χ3n) is 4.11. The van der Waals surface area contributed by atoms with E-state index < -0.39 is 0 Å². The molecular weight excluding hydrogens is 306 g/mol. The molecule has 5 heteroatoms. The van der Waals surface area contributed by atoms with Crippen molar-refractivity contribution in [2.24, 2.45) is 0 Å². The molecule has 1 amide bonds. The zero-order chi connectivity index (χ0) is 16.4. The number of para-hydroxylation sites is 1. The number of aryl methyl sites for hydroxylation is 2. The summed E-state index contributed by atoms with van der Waals surface area (Å²) < 4.78 is 0. The number of benzene rings is 1. The molecule has 1 aromatic carbocycles. The minimum atomic E-state index is -0.00916. The van der Waals surface area contributed by atoms with Gasteiger partial charge in [-0.05, 0) is 31.9 Å². The Morgan fingerprint density at radius 3 is 2.83 bits per heavy atom. The van der Waals surface area contributed by atoms with Gasteiger partial charge in [0.05, 0.1) is 18.2 Å². The SMILES string of the molecule is CC[C@@H](NC(=O)Cc1c[nH]c2ccccc12)c1nc(C)c(C)s1. The van der Waals surface area contributed by atoms with E-state index in [0.29, 0.717) is 6.42 Å². The maximum atomic E-state index is 12.4. The molecule has 0 aliphatic heterocycles. The van der Waals surface area contributed by atoms with Gasteiger partial charge in [-0.1, -0.05) is 25.1 Å². The second-order valence-corrected chi connectivity index (χ2v) is 6.99. The van der Waals surface area contributed by atoms with Crippen molar-refractivity contribution in [3.8, 4) is 0 Å². The van der Waals surface area contributed by atoms with Crippen LogP contribution in [0.5, 0.6) is 0 Å². The van der Waals surface area contributed by atoms with E-state index in [0.717, 1.165) is 33.6 Å². The summed E-state index contributed by atoms with van der Waals surface area (Å²) in [6.07, 6.45) is 3.14. The Labute approximate surface area is 140 Å². The normalized spacial score (nSPS) is 12.5. The number of carbonyl (C=O) groups is 1. The Bertz CT molecular complexity index is 814. The Morgan fingerprint density at radius 1 is 1.35 bits per heavy atom. The first-order chi connectivity index (χ1) is 11.1.